The highest BCUT2D eigenvalue weighted by atomic mass is 16.7. The van der Waals surface area contributed by atoms with Gasteiger partial charge in [-0.2, -0.15) is 0 Å². The molecule has 0 bridgehead atoms. The molecule has 0 atom stereocenters. The summed E-state index contributed by atoms with van der Waals surface area (Å²) in [6.45, 7) is 7.82. The quantitative estimate of drug-likeness (QED) is 0.333. The average Bonchev–Trinajstić information content (AvgIpc) is 2.25. The number of oxime groups is 1. The number of hydrogen-bond acceptors (Lipinski definition) is 7. The van der Waals surface area contributed by atoms with E-state index in [0.717, 1.165) is 7.11 Å². The number of carbonyl (C=O) groups excluding carboxylic acids is 3. The van der Waals surface area contributed by atoms with Crippen LogP contribution in [0.2, 0.25) is 0 Å². The third-order valence-electron chi connectivity index (χ3n) is 1.87. The van der Waals surface area contributed by atoms with Gasteiger partial charge in [0.15, 0.2) is 0 Å². The maximum Gasteiger partial charge on any atom is 0.365 e. The number of methoxy groups -OCH3 is 1. The van der Waals surface area contributed by atoms with Crippen LogP contribution in [0.1, 0.15) is 34.6 Å². The van der Waals surface area contributed by atoms with Gasteiger partial charge in [-0.3, -0.25) is 4.79 Å². The molecule has 0 radical (unpaired) electrons. The second-order valence-corrected chi connectivity index (χ2v) is 5.40. The molecule has 8 heteroatoms. The summed E-state index contributed by atoms with van der Waals surface area (Å²) in [5.41, 5.74) is 2.00. The lowest BCUT2D eigenvalue weighted by Gasteiger charge is -2.26. The van der Waals surface area contributed by atoms with Gasteiger partial charge in [-0.25, -0.2) is 9.59 Å². The van der Waals surface area contributed by atoms with Crippen LogP contribution >= 0.6 is 0 Å². The van der Waals surface area contributed by atoms with E-state index in [1.807, 2.05) is 0 Å². The molecule has 0 spiro atoms. The molecule has 0 unspecified atom stereocenters. The first-order valence-electron chi connectivity index (χ1n) is 5.78. The molecule has 1 amide bonds. The van der Waals surface area contributed by atoms with Crippen LogP contribution < -0.4 is 5.73 Å². The number of hydrogen-bond donors (Lipinski definition) is 1. The maximum absolute atomic E-state index is 11.9. The van der Waals surface area contributed by atoms with Crippen molar-refractivity contribution in [2.45, 2.75) is 45.8 Å². The Morgan fingerprint density at radius 1 is 1.05 bits per heavy atom. The van der Waals surface area contributed by atoms with Gasteiger partial charge >= 0.3 is 11.9 Å². The van der Waals surface area contributed by atoms with Crippen LogP contribution in [-0.2, 0) is 28.7 Å². The molecule has 0 saturated carbocycles. The lowest BCUT2D eigenvalue weighted by Crippen LogP contribution is -2.41. The Kier molecular flexibility index (Phi) is 5.68. The fourth-order valence-corrected chi connectivity index (χ4v) is 0.878. The van der Waals surface area contributed by atoms with Crippen molar-refractivity contribution in [3.63, 3.8) is 0 Å². The van der Waals surface area contributed by atoms with E-state index in [0.29, 0.717) is 0 Å². The number of ether oxygens (including phenoxy) is 2. The highest BCUT2D eigenvalue weighted by molar-refractivity contribution is 6.63. The molecule has 114 valence electrons. The molecular weight excluding hydrogens is 268 g/mol. The summed E-state index contributed by atoms with van der Waals surface area (Å²) < 4.78 is 9.43. The minimum atomic E-state index is -1.50. The number of rotatable bonds is 5. The third kappa shape index (κ3) is 5.68. The van der Waals surface area contributed by atoms with Crippen molar-refractivity contribution in [2.24, 2.45) is 10.9 Å². The predicted molar refractivity (Wildman–Crippen MR) is 69.7 cm³/mol. The van der Waals surface area contributed by atoms with Crippen LogP contribution in [0, 0.1) is 0 Å². The van der Waals surface area contributed by atoms with E-state index in [1.54, 1.807) is 20.8 Å². The van der Waals surface area contributed by atoms with Gasteiger partial charge in [0.05, 0.1) is 7.11 Å². The topological polar surface area (TPSA) is 117 Å². The zero-order chi connectivity index (χ0) is 16.1. The zero-order valence-corrected chi connectivity index (χ0v) is 12.5. The van der Waals surface area contributed by atoms with Crippen LogP contribution in [0.3, 0.4) is 0 Å². The molecule has 0 fully saturated rings. The number of nitrogens with two attached hydrogens (primary N) is 1. The summed E-state index contributed by atoms with van der Waals surface area (Å²) in [5.74, 6) is -2.89. The Morgan fingerprint density at radius 2 is 1.55 bits per heavy atom. The molecular formula is C12H20N2O6. The molecule has 0 aromatic carbocycles. The average molecular weight is 288 g/mol. The van der Waals surface area contributed by atoms with E-state index >= 15 is 0 Å². The molecule has 0 saturated heterocycles. The summed E-state index contributed by atoms with van der Waals surface area (Å²) in [6.07, 6.45) is 0. The molecule has 0 aliphatic heterocycles. The second kappa shape index (κ2) is 6.36. The van der Waals surface area contributed by atoms with Crippen LogP contribution in [0.4, 0.5) is 0 Å². The number of primary amides is 1. The first-order chi connectivity index (χ1) is 8.90. The first-order valence-corrected chi connectivity index (χ1v) is 5.78. The molecule has 0 heterocycles. The van der Waals surface area contributed by atoms with Crippen molar-refractivity contribution >= 4 is 23.6 Å². The lowest BCUT2D eigenvalue weighted by molar-refractivity contribution is -0.179. The molecule has 0 aromatic heterocycles. The molecule has 0 aromatic rings. The Labute approximate surface area is 117 Å². The summed E-state index contributed by atoms with van der Waals surface area (Å²) >= 11 is 0. The number of esters is 2. The van der Waals surface area contributed by atoms with Crippen LogP contribution in [0.15, 0.2) is 5.16 Å². The fraction of sp³-hybridized carbons (Fsp3) is 0.667. The minimum Gasteiger partial charge on any atom is -0.464 e. The number of amides is 1. The molecule has 20 heavy (non-hydrogen) atoms. The van der Waals surface area contributed by atoms with Crippen molar-refractivity contribution in [2.75, 3.05) is 7.11 Å². The standard InChI is InChI=1S/C12H20N2O6/c1-11(2,3)19-10(17)12(4,5)20-14-7(8(13)15)9(16)18-6/h1-6H3,(H2,13,15)/b14-7+. The van der Waals surface area contributed by atoms with E-state index < -0.39 is 34.8 Å². The fourth-order valence-electron chi connectivity index (χ4n) is 0.878. The maximum atomic E-state index is 11.9. The monoisotopic (exact) mass is 288 g/mol. The molecule has 8 nitrogen and oxygen atoms in total. The lowest BCUT2D eigenvalue weighted by atomic mass is 10.1. The highest BCUT2D eigenvalue weighted by Gasteiger charge is 2.36. The third-order valence-corrected chi connectivity index (χ3v) is 1.87. The summed E-state index contributed by atoms with van der Waals surface area (Å²) in [4.78, 5) is 39.0. The van der Waals surface area contributed by atoms with Crippen molar-refractivity contribution < 1.29 is 28.7 Å². The Balaban J connectivity index is 5.03. The van der Waals surface area contributed by atoms with Crippen molar-refractivity contribution in [3.8, 4) is 0 Å². The van der Waals surface area contributed by atoms with Crippen LogP contribution in [0.25, 0.3) is 0 Å². The van der Waals surface area contributed by atoms with Gasteiger partial charge in [0.25, 0.3) is 11.6 Å². The molecule has 0 rings (SSSR count). The predicted octanol–water partition coefficient (Wildman–Crippen LogP) is 0.138. The minimum absolute atomic E-state index is 0.706. The van der Waals surface area contributed by atoms with E-state index in [1.165, 1.54) is 13.8 Å². The Hall–Kier alpha value is -2.12. The second-order valence-electron chi connectivity index (χ2n) is 5.40. The molecule has 2 N–H and O–H groups in total. The van der Waals surface area contributed by atoms with Gasteiger partial charge in [0.1, 0.15) is 5.60 Å². The van der Waals surface area contributed by atoms with Crippen LogP contribution in [-0.4, -0.2) is 41.9 Å². The first kappa shape index (κ1) is 17.9. The molecule has 0 aliphatic carbocycles. The summed E-state index contributed by atoms with van der Waals surface area (Å²) in [6, 6.07) is 0. The van der Waals surface area contributed by atoms with Gasteiger partial charge in [0.2, 0.25) is 5.60 Å². The van der Waals surface area contributed by atoms with Crippen LogP contribution in [0.5, 0.6) is 0 Å². The largest absolute Gasteiger partial charge is 0.464 e. The highest BCUT2D eigenvalue weighted by Crippen LogP contribution is 2.17. The summed E-state index contributed by atoms with van der Waals surface area (Å²) in [5, 5.41) is 3.28. The van der Waals surface area contributed by atoms with Crippen molar-refractivity contribution in [1.82, 2.24) is 0 Å². The number of nitrogens with zero attached hydrogens (tertiary/aromatic N) is 1. The zero-order valence-electron chi connectivity index (χ0n) is 12.5. The van der Waals surface area contributed by atoms with Gasteiger partial charge < -0.3 is 20.0 Å². The smallest absolute Gasteiger partial charge is 0.365 e. The Morgan fingerprint density at radius 3 is 1.90 bits per heavy atom. The Bertz CT molecular complexity index is 434. The molecule has 0 aliphatic rings. The summed E-state index contributed by atoms with van der Waals surface area (Å²) in [7, 11) is 1.06. The van der Waals surface area contributed by atoms with Gasteiger partial charge in [0, 0.05) is 0 Å². The van der Waals surface area contributed by atoms with Crippen molar-refractivity contribution in [1.29, 1.82) is 0 Å². The van der Waals surface area contributed by atoms with Gasteiger partial charge in [-0.1, -0.05) is 5.16 Å². The normalized spacial score (nSPS) is 12.6. The van der Waals surface area contributed by atoms with E-state index in [2.05, 4.69) is 9.89 Å². The van der Waals surface area contributed by atoms with Gasteiger partial charge in [-0.15, -0.1) is 0 Å². The van der Waals surface area contributed by atoms with E-state index in [-0.39, 0.29) is 0 Å². The number of carbonyl (C=O) groups is 3. The van der Waals surface area contributed by atoms with Gasteiger partial charge in [-0.05, 0) is 34.6 Å². The van der Waals surface area contributed by atoms with Crippen molar-refractivity contribution in [3.05, 3.63) is 0 Å². The SMILES string of the molecule is COC(=O)/C(=N/OC(C)(C)C(=O)OC(C)(C)C)C(N)=O. The van der Waals surface area contributed by atoms with E-state index in [4.69, 9.17) is 15.3 Å². The van der Waals surface area contributed by atoms with E-state index in [9.17, 15) is 14.4 Å².